The minimum Gasteiger partial charge on any atom is -0.462 e. The summed E-state index contributed by atoms with van der Waals surface area (Å²) in [6.45, 7) is 14.7. The Morgan fingerprint density at radius 1 is 1.36 bits per heavy atom. The Kier molecular flexibility index (Phi) is 8.19. The number of likely N-dealkylation sites (tertiary alicyclic amines) is 1. The van der Waals surface area contributed by atoms with Gasteiger partial charge in [-0.1, -0.05) is 20.8 Å². The molecule has 1 aliphatic rings. The summed E-state index contributed by atoms with van der Waals surface area (Å²) < 4.78 is 12.5. The average molecular weight is 444 g/mol. The van der Waals surface area contributed by atoms with E-state index in [0.29, 0.717) is 31.1 Å². The van der Waals surface area contributed by atoms with Crippen LogP contribution in [0.5, 0.6) is 0 Å². The van der Waals surface area contributed by atoms with E-state index in [4.69, 9.17) is 9.16 Å². The number of ether oxygens (including phenoxy) is 1. The molecule has 0 saturated carbocycles. The zero-order valence-electron chi connectivity index (χ0n) is 17.9. The average Bonchev–Trinajstić information content (AvgIpc) is 3.20. The van der Waals surface area contributed by atoms with E-state index in [-0.39, 0.29) is 23.0 Å². The van der Waals surface area contributed by atoms with Gasteiger partial charge in [0.25, 0.3) is 0 Å². The highest BCUT2D eigenvalue weighted by atomic mass is 32.2. The van der Waals surface area contributed by atoms with E-state index in [1.54, 1.807) is 18.7 Å². The minimum absolute atomic E-state index is 0.173. The van der Waals surface area contributed by atoms with E-state index >= 15 is 0 Å². The number of rotatable bonds is 9. The molecule has 158 valence electrons. The summed E-state index contributed by atoms with van der Waals surface area (Å²) in [4.78, 5) is 26.7. The molecule has 1 atom stereocenters. The largest absolute Gasteiger partial charge is 0.462 e. The van der Waals surface area contributed by atoms with E-state index in [1.165, 1.54) is 11.3 Å². The monoisotopic (exact) mass is 443 g/mol. The van der Waals surface area contributed by atoms with Crippen LogP contribution in [-0.4, -0.2) is 56.6 Å². The first-order valence-electron chi connectivity index (χ1n) is 9.88. The normalized spacial score (nSPS) is 18.0. The summed E-state index contributed by atoms with van der Waals surface area (Å²) >= 11 is 3.13. The maximum atomic E-state index is 12.3. The topological polar surface area (TPSA) is 55.8 Å². The van der Waals surface area contributed by atoms with E-state index in [1.807, 2.05) is 17.0 Å². The number of carbonyl (C=O) groups is 2. The molecule has 0 spiro atoms. The van der Waals surface area contributed by atoms with Crippen molar-refractivity contribution >= 4 is 43.3 Å². The molecule has 1 fully saturated rings. The van der Waals surface area contributed by atoms with Gasteiger partial charge in [-0.2, -0.15) is 0 Å². The number of thiophene rings is 1. The first-order valence-corrected chi connectivity index (χ1v) is 14.6. The van der Waals surface area contributed by atoms with Crippen molar-refractivity contribution in [1.82, 2.24) is 4.90 Å². The number of hydrogen-bond acceptors (Lipinski definition) is 6. The van der Waals surface area contributed by atoms with Gasteiger partial charge in [0.15, 0.2) is 8.32 Å². The molecule has 0 aromatic carbocycles. The van der Waals surface area contributed by atoms with Crippen LogP contribution in [0.25, 0.3) is 0 Å². The van der Waals surface area contributed by atoms with Crippen LogP contribution < -0.4 is 0 Å². The van der Waals surface area contributed by atoms with Gasteiger partial charge in [0, 0.05) is 18.7 Å². The van der Waals surface area contributed by atoms with Crippen molar-refractivity contribution in [2.45, 2.75) is 68.9 Å². The number of amides is 1. The third-order valence-electron chi connectivity index (χ3n) is 5.53. The molecule has 8 heteroatoms. The van der Waals surface area contributed by atoms with Crippen LogP contribution in [-0.2, 0) is 14.0 Å². The third kappa shape index (κ3) is 6.08. The Bertz CT molecular complexity index is 684. The van der Waals surface area contributed by atoms with Gasteiger partial charge in [0.1, 0.15) is 4.88 Å². The van der Waals surface area contributed by atoms with Crippen molar-refractivity contribution in [3.63, 3.8) is 0 Å². The summed E-state index contributed by atoms with van der Waals surface area (Å²) in [5, 5.41) is 0.173. The molecule has 1 saturated heterocycles. The van der Waals surface area contributed by atoms with E-state index in [2.05, 4.69) is 33.9 Å². The fraction of sp³-hybridized carbons (Fsp3) is 0.700. The predicted octanol–water partition coefficient (Wildman–Crippen LogP) is 5.03. The van der Waals surface area contributed by atoms with Crippen molar-refractivity contribution in [3.05, 3.63) is 17.0 Å². The molecule has 1 aliphatic heterocycles. The zero-order valence-corrected chi connectivity index (χ0v) is 20.5. The second kappa shape index (κ2) is 9.78. The highest BCUT2D eigenvalue weighted by Crippen LogP contribution is 2.37. The summed E-state index contributed by atoms with van der Waals surface area (Å²) in [7, 11) is -1.81. The molecule has 0 radical (unpaired) electrons. The van der Waals surface area contributed by atoms with E-state index < -0.39 is 8.32 Å². The number of nitrogens with zero attached hydrogens (tertiary/aromatic N) is 1. The number of esters is 1. The Hall–Kier alpha value is -0.833. The molecule has 1 aromatic heterocycles. The van der Waals surface area contributed by atoms with Crippen molar-refractivity contribution in [3.8, 4) is 0 Å². The van der Waals surface area contributed by atoms with Crippen LogP contribution in [0, 0.1) is 0 Å². The first-order chi connectivity index (χ1) is 13.0. The van der Waals surface area contributed by atoms with Crippen LogP contribution in [0.1, 0.15) is 50.2 Å². The van der Waals surface area contributed by atoms with Crippen LogP contribution in [0.4, 0.5) is 0 Å². The summed E-state index contributed by atoms with van der Waals surface area (Å²) in [5.41, 5.74) is 0. The van der Waals surface area contributed by atoms with Gasteiger partial charge >= 0.3 is 5.97 Å². The quantitative estimate of drug-likeness (QED) is 0.304. The summed E-state index contributed by atoms with van der Waals surface area (Å²) in [5.74, 6) is 0.769. The van der Waals surface area contributed by atoms with Crippen LogP contribution in [0.3, 0.4) is 0 Å². The molecule has 1 aromatic rings. The maximum absolute atomic E-state index is 12.3. The highest BCUT2D eigenvalue weighted by molar-refractivity contribution is 8.01. The van der Waals surface area contributed by atoms with Gasteiger partial charge in [-0.25, -0.2) is 4.79 Å². The molecule has 2 rings (SSSR count). The Balaban J connectivity index is 1.85. The van der Waals surface area contributed by atoms with Gasteiger partial charge in [-0.15, -0.1) is 23.1 Å². The van der Waals surface area contributed by atoms with Crippen molar-refractivity contribution in [1.29, 1.82) is 0 Å². The first kappa shape index (κ1) is 23.4. The second-order valence-corrected chi connectivity index (χ2v) is 15.8. The van der Waals surface area contributed by atoms with Gasteiger partial charge < -0.3 is 14.1 Å². The molecule has 0 bridgehead atoms. The van der Waals surface area contributed by atoms with Crippen LogP contribution in [0.2, 0.25) is 18.1 Å². The zero-order chi connectivity index (χ0) is 20.9. The highest BCUT2D eigenvalue weighted by Gasteiger charge is 2.39. The lowest BCUT2D eigenvalue weighted by Crippen LogP contribution is -2.45. The van der Waals surface area contributed by atoms with E-state index in [9.17, 15) is 9.59 Å². The molecule has 0 unspecified atom stereocenters. The molecular weight excluding hydrogens is 410 g/mol. The Morgan fingerprint density at radius 2 is 2.07 bits per heavy atom. The molecule has 1 amide bonds. The minimum atomic E-state index is -1.81. The van der Waals surface area contributed by atoms with Crippen LogP contribution >= 0.6 is 23.1 Å². The summed E-state index contributed by atoms with van der Waals surface area (Å²) in [6, 6.07) is 3.94. The number of hydrogen-bond donors (Lipinski definition) is 0. The number of carbonyl (C=O) groups excluding carboxylic acids is 2. The van der Waals surface area contributed by atoms with Crippen molar-refractivity contribution < 1.29 is 18.8 Å². The SMILES string of the molecule is CCOC(=O)c1ccc(SCCN2C(=O)CC[C@@H]2CO[Si](C)(C)C(C)(C)C)s1. The fourth-order valence-corrected chi connectivity index (χ4v) is 5.83. The van der Waals surface area contributed by atoms with Crippen LogP contribution in [0.15, 0.2) is 16.3 Å². The van der Waals surface area contributed by atoms with Gasteiger partial charge in [0.05, 0.1) is 23.5 Å². The molecule has 2 heterocycles. The van der Waals surface area contributed by atoms with E-state index in [0.717, 1.165) is 16.4 Å². The summed E-state index contributed by atoms with van der Waals surface area (Å²) in [6.07, 6.45) is 1.49. The standard InChI is InChI=1S/C20H33NO4S2Si/c1-7-24-19(23)16-9-11-18(27-16)26-13-12-21-15(8-10-17(21)22)14-25-28(5,6)20(2,3)4/h9,11,15H,7-8,10,12-14H2,1-6H3/t15-/m1/s1. The third-order valence-corrected chi connectivity index (χ3v) is 12.3. The molecule has 0 N–H and O–H groups in total. The molecular formula is C20H33NO4S2Si. The van der Waals surface area contributed by atoms with Crippen molar-refractivity contribution in [2.75, 3.05) is 25.5 Å². The second-order valence-electron chi connectivity index (χ2n) is 8.54. The lowest BCUT2D eigenvalue weighted by Gasteiger charge is -2.38. The fourth-order valence-electron chi connectivity index (χ4n) is 2.75. The smallest absolute Gasteiger partial charge is 0.348 e. The Labute approximate surface area is 178 Å². The van der Waals surface area contributed by atoms with Crippen molar-refractivity contribution in [2.24, 2.45) is 0 Å². The van der Waals surface area contributed by atoms with Gasteiger partial charge in [-0.05, 0) is 43.6 Å². The maximum Gasteiger partial charge on any atom is 0.348 e. The molecule has 0 aliphatic carbocycles. The van der Waals surface area contributed by atoms with Gasteiger partial charge in [0.2, 0.25) is 5.91 Å². The molecule has 5 nitrogen and oxygen atoms in total. The Morgan fingerprint density at radius 3 is 2.71 bits per heavy atom. The molecule has 28 heavy (non-hydrogen) atoms. The lowest BCUT2D eigenvalue weighted by molar-refractivity contribution is -0.129. The predicted molar refractivity (Wildman–Crippen MR) is 119 cm³/mol. The number of thioether (sulfide) groups is 1. The lowest BCUT2D eigenvalue weighted by atomic mass is 10.2. The van der Waals surface area contributed by atoms with Gasteiger partial charge in [-0.3, -0.25) is 4.79 Å².